The van der Waals surface area contributed by atoms with Crippen molar-refractivity contribution in [1.29, 1.82) is 0 Å². The van der Waals surface area contributed by atoms with Crippen molar-refractivity contribution in [3.05, 3.63) is 52.5 Å². The summed E-state index contributed by atoms with van der Waals surface area (Å²) in [6, 6.07) is 10.8. The van der Waals surface area contributed by atoms with Crippen molar-refractivity contribution in [2.75, 3.05) is 10.5 Å². The van der Waals surface area contributed by atoms with E-state index >= 15 is 0 Å². The Morgan fingerprint density at radius 3 is 2.05 bits per heavy atom. The minimum Gasteiger partial charge on any atom is -0.399 e. The van der Waals surface area contributed by atoms with Crippen LogP contribution in [-0.2, 0) is 10.0 Å². The van der Waals surface area contributed by atoms with E-state index in [1.165, 1.54) is 24.3 Å². The summed E-state index contributed by atoms with van der Waals surface area (Å²) >= 11 is 11.9. The van der Waals surface area contributed by atoms with E-state index in [1.807, 2.05) is 0 Å². The fourth-order valence-corrected chi connectivity index (χ4v) is 3.32. The Morgan fingerprint density at radius 1 is 1.00 bits per heavy atom. The molecule has 0 saturated heterocycles. The van der Waals surface area contributed by atoms with Gasteiger partial charge in [-0.3, -0.25) is 4.72 Å². The lowest BCUT2D eigenvalue weighted by Gasteiger charge is -2.11. The number of halogens is 2. The molecule has 0 unspecified atom stereocenters. The summed E-state index contributed by atoms with van der Waals surface area (Å²) in [5.41, 5.74) is 6.03. The van der Waals surface area contributed by atoms with Crippen molar-refractivity contribution in [3.63, 3.8) is 0 Å². The maximum Gasteiger partial charge on any atom is 0.261 e. The van der Waals surface area contributed by atoms with Gasteiger partial charge in [-0.25, -0.2) is 8.42 Å². The summed E-state index contributed by atoms with van der Waals surface area (Å²) in [5, 5.41) is 0.286. The highest BCUT2D eigenvalue weighted by Gasteiger charge is 2.17. The normalized spacial score (nSPS) is 11.3. The fraction of sp³-hybridized carbons (Fsp3) is 0. The number of benzene rings is 2. The molecule has 4 nitrogen and oxygen atoms in total. The average molecular weight is 317 g/mol. The molecule has 19 heavy (non-hydrogen) atoms. The number of nitrogen functional groups attached to an aromatic ring is 1. The summed E-state index contributed by atoms with van der Waals surface area (Å²) in [5.74, 6) is 0. The van der Waals surface area contributed by atoms with Gasteiger partial charge in [-0.2, -0.15) is 0 Å². The number of sulfonamides is 1. The number of hydrogen-bond acceptors (Lipinski definition) is 3. The van der Waals surface area contributed by atoms with E-state index in [-0.39, 0.29) is 20.6 Å². The quantitative estimate of drug-likeness (QED) is 0.853. The summed E-state index contributed by atoms with van der Waals surface area (Å²) in [7, 11) is -3.73. The fourth-order valence-electron chi connectivity index (χ4n) is 1.48. The Bertz CT molecular complexity index is 680. The molecule has 0 aliphatic carbocycles. The van der Waals surface area contributed by atoms with Crippen LogP contribution in [-0.4, -0.2) is 8.42 Å². The molecule has 100 valence electrons. The average Bonchev–Trinajstić information content (AvgIpc) is 2.35. The molecule has 0 saturated carbocycles. The van der Waals surface area contributed by atoms with Gasteiger partial charge in [-0.15, -0.1) is 0 Å². The molecular weight excluding hydrogens is 307 g/mol. The van der Waals surface area contributed by atoms with Crippen molar-refractivity contribution in [1.82, 2.24) is 0 Å². The summed E-state index contributed by atoms with van der Waals surface area (Å²) in [4.78, 5) is 0.124. The van der Waals surface area contributed by atoms with Crippen molar-refractivity contribution in [2.24, 2.45) is 0 Å². The van der Waals surface area contributed by atoms with Gasteiger partial charge in [0.05, 0.1) is 20.6 Å². The van der Waals surface area contributed by atoms with Crippen LogP contribution in [0.25, 0.3) is 0 Å². The first-order valence-electron chi connectivity index (χ1n) is 5.22. The van der Waals surface area contributed by atoms with Gasteiger partial charge in [-0.1, -0.05) is 41.4 Å². The van der Waals surface area contributed by atoms with E-state index in [4.69, 9.17) is 28.9 Å². The third-order valence-corrected chi connectivity index (χ3v) is 4.32. The molecule has 2 aromatic rings. The van der Waals surface area contributed by atoms with Crippen LogP contribution in [0, 0.1) is 0 Å². The minimum absolute atomic E-state index is 0.112. The number of rotatable bonds is 3. The van der Waals surface area contributed by atoms with Crippen molar-refractivity contribution >= 4 is 44.6 Å². The third kappa shape index (κ3) is 3.12. The minimum atomic E-state index is -3.73. The Morgan fingerprint density at radius 2 is 1.53 bits per heavy atom. The van der Waals surface area contributed by atoms with Gasteiger partial charge in [0.15, 0.2) is 0 Å². The van der Waals surface area contributed by atoms with Crippen molar-refractivity contribution < 1.29 is 8.42 Å². The lowest BCUT2D eigenvalue weighted by molar-refractivity contribution is 0.601. The first-order chi connectivity index (χ1) is 8.90. The summed E-state index contributed by atoms with van der Waals surface area (Å²) in [6.45, 7) is 0. The maximum atomic E-state index is 12.1. The zero-order valence-corrected chi connectivity index (χ0v) is 11.9. The van der Waals surface area contributed by atoms with Gasteiger partial charge in [0, 0.05) is 5.69 Å². The lowest BCUT2D eigenvalue weighted by atomic mass is 10.3. The highest BCUT2D eigenvalue weighted by molar-refractivity contribution is 7.92. The predicted molar refractivity (Wildman–Crippen MR) is 78.1 cm³/mol. The molecule has 0 aromatic heterocycles. The number of anilines is 2. The maximum absolute atomic E-state index is 12.1. The second-order valence-corrected chi connectivity index (χ2v) is 6.27. The zero-order valence-electron chi connectivity index (χ0n) is 9.60. The molecule has 0 fully saturated rings. The third-order valence-electron chi connectivity index (χ3n) is 2.35. The largest absolute Gasteiger partial charge is 0.399 e. The summed E-state index contributed by atoms with van der Waals surface area (Å²) in [6.07, 6.45) is 0. The molecule has 7 heteroatoms. The molecule has 0 bridgehead atoms. The molecule has 0 heterocycles. The van der Waals surface area contributed by atoms with E-state index in [1.54, 1.807) is 18.2 Å². The van der Waals surface area contributed by atoms with Gasteiger partial charge in [0.2, 0.25) is 0 Å². The van der Waals surface area contributed by atoms with Crippen LogP contribution in [0.3, 0.4) is 0 Å². The highest BCUT2D eigenvalue weighted by Crippen LogP contribution is 2.34. The van der Waals surface area contributed by atoms with E-state index in [0.717, 1.165) is 0 Å². The van der Waals surface area contributed by atoms with Crippen LogP contribution in [0.2, 0.25) is 10.0 Å². The molecule has 0 radical (unpaired) electrons. The van der Waals surface area contributed by atoms with E-state index in [0.29, 0.717) is 5.69 Å². The second kappa shape index (κ2) is 5.28. The number of nitrogens with two attached hydrogens (primary N) is 1. The second-order valence-electron chi connectivity index (χ2n) is 3.78. The Kier molecular flexibility index (Phi) is 3.89. The highest BCUT2D eigenvalue weighted by atomic mass is 35.5. The molecule has 2 rings (SSSR count). The number of hydrogen-bond donors (Lipinski definition) is 2. The zero-order chi connectivity index (χ0) is 14.0. The smallest absolute Gasteiger partial charge is 0.261 e. The van der Waals surface area contributed by atoms with Crippen LogP contribution in [0.4, 0.5) is 11.4 Å². The van der Waals surface area contributed by atoms with E-state index in [9.17, 15) is 8.42 Å². The van der Waals surface area contributed by atoms with Gasteiger partial charge < -0.3 is 5.73 Å². The van der Waals surface area contributed by atoms with Gasteiger partial charge >= 0.3 is 0 Å². The number of nitrogens with one attached hydrogen (secondary N) is 1. The van der Waals surface area contributed by atoms with Crippen LogP contribution in [0.1, 0.15) is 0 Å². The SMILES string of the molecule is Nc1cc(Cl)c(NS(=O)(=O)c2ccccc2)c(Cl)c1. The molecule has 0 aliphatic heterocycles. The topological polar surface area (TPSA) is 72.2 Å². The predicted octanol–water partition coefficient (Wildman–Crippen LogP) is 3.38. The van der Waals surface area contributed by atoms with Gasteiger partial charge in [0.1, 0.15) is 0 Å². The Labute approximate surface area is 121 Å². The van der Waals surface area contributed by atoms with Crippen molar-refractivity contribution in [2.45, 2.75) is 4.90 Å². The van der Waals surface area contributed by atoms with Crippen LogP contribution >= 0.6 is 23.2 Å². The molecule has 0 spiro atoms. The lowest BCUT2D eigenvalue weighted by Crippen LogP contribution is -2.13. The molecule has 3 N–H and O–H groups in total. The van der Waals surface area contributed by atoms with Crippen molar-refractivity contribution in [3.8, 4) is 0 Å². The Hall–Kier alpha value is -1.43. The monoisotopic (exact) mass is 316 g/mol. The van der Waals surface area contributed by atoms with E-state index in [2.05, 4.69) is 4.72 Å². The van der Waals surface area contributed by atoms with E-state index < -0.39 is 10.0 Å². The standard InChI is InChI=1S/C12H10Cl2N2O2S/c13-10-6-8(15)7-11(14)12(10)16-19(17,18)9-4-2-1-3-5-9/h1-7,16H,15H2. The van der Waals surface area contributed by atoms with Crippen LogP contribution in [0.5, 0.6) is 0 Å². The first-order valence-corrected chi connectivity index (χ1v) is 7.46. The molecule has 0 atom stereocenters. The molecule has 0 aliphatic rings. The van der Waals surface area contributed by atoms with Gasteiger partial charge in [0.25, 0.3) is 10.0 Å². The molecule has 0 amide bonds. The molecule has 2 aromatic carbocycles. The first kappa shape index (κ1) is 14.0. The van der Waals surface area contributed by atoms with Crippen LogP contribution < -0.4 is 10.5 Å². The summed E-state index contributed by atoms with van der Waals surface area (Å²) < 4.78 is 26.6. The van der Waals surface area contributed by atoms with Gasteiger partial charge in [-0.05, 0) is 24.3 Å². The molecular formula is C12H10Cl2N2O2S. The van der Waals surface area contributed by atoms with Crippen LogP contribution in [0.15, 0.2) is 47.4 Å². The Balaban J connectivity index is 2.42.